The van der Waals surface area contributed by atoms with E-state index < -0.39 is 0 Å². The van der Waals surface area contributed by atoms with E-state index in [1.54, 1.807) is 0 Å². The molecule has 1 nitrogen and oxygen atoms in total. The van der Waals surface area contributed by atoms with Gasteiger partial charge in [-0.05, 0) is 13.3 Å². The maximum Gasteiger partial charge on any atom is 0.0842 e. The standard InChI is InChI=1S/C18H35O/c1-3-4-5-6-7-8-9-10-11-12-13-14-15-16-18-17(2)19-18/h17-18H,2-16H2,1H3. The minimum atomic E-state index is 0.317. The van der Waals surface area contributed by atoms with Gasteiger partial charge in [-0.15, -0.1) is 0 Å². The van der Waals surface area contributed by atoms with Crippen LogP contribution in [0.4, 0.5) is 0 Å². The summed E-state index contributed by atoms with van der Waals surface area (Å²) in [6.07, 6.45) is 20.7. The third kappa shape index (κ3) is 10.4. The molecule has 0 aromatic rings. The second-order valence-corrected chi connectivity index (χ2v) is 6.24. The van der Waals surface area contributed by atoms with E-state index in [-0.39, 0.29) is 0 Å². The van der Waals surface area contributed by atoms with Gasteiger partial charge in [-0.1, -0.05) is 90.4 Å². The zero-order valence-corrected chi connectivity index (χ0v) is 13.2. The van der Waals surface area contributed by atoms with Crippen molar-refractivity contribution in [2.45, 2.75) is 109 Å². The minimum absolute atomic E-state index is 0.317. The molecule has 1 radical (unpaired) electrons. The molecule has 1 heteroatoms. The number of epoxide rings is 1. The molecule has 2 unspecified atom stereocenters. The minimum Gasteiger partial charge on any atom is -0.370 e. The van der Waals surface area contributed by atoms with Gasteiger partial charge in [0.1, 0.15) is 0 Å². The highest BCUT2D eigenvalue weighted by atomic mass is 16.6. The summed E-state index contributed by atoms with van der Waals surface area (Å²) in [5.74, 6) is 0. The Bertz CT molecular complexity index is 190. The molecule has 1 rings (SSSR count). The lowest BCUT2D eigenvalue weighted by atomic mass is 10.0. The number of hydrogen-bond acceptors (Lipinski definition) is 1. The average Bonchev–Trinajstić information content (AvgIpc) is 3.11. The highest BCUT2D eigenvalue weighted by molar-refractivity contribution is 4.86. The number of rotatable bonds is 14. The number of hydrogen-bond donors (Lipinski definition) is 0. The quantitative estimate of drug-likeness (QED) is 0.275. The third-order valence-electron chi connectivity index (χ3n) is 4.28. The molecule has 0 saturated carbocycles. The van der Waals surface area contributed by atoms with Crippen LogP contribution >= 0.6 is 0 Å². The van der Waals surface area contributed by atoms with Gasteiger partial charge in [0.2, 0.25) is 0 Å². The zero-order valence-electron chi connectivity index (χ0n) is 13.2. The SMILES string of the molecule is [CH2]C1OC1CCCCCCCCCCCCCCC. The Morgan fingerprint density at radius 1 is 0.684 bits per heavy atom. The van der Waals surface area contributed by atoms with Crippen molar-refractivity contribution in [3.63, 3.8) is 0 Å². The lowest BCUT2D eigenvalue weighted by molar-refractivity contribution is 0.371. The fourth-order valence-corrected chi connectivity index (χ4v) is 2.80. The Hall–Kier alpha value is -0.0400. The normalized spacial score (nSPS) is 21.8. The Morgan fingerprint density at radius 3 is 1.42 bits per heavy atom. The average molecular weight is 267 g/mol. The predicted molar refractivity (Wildman–Crippen MR) is 84.3 cm³/mol. The predicted octanol–water partition coefficient (Wildman–Crippen LogP) is 6.07. The maximum absolute atomic E-state index is 5.31. The Kier molecular flexibility index (Phi) is 10.5. The Morgan fingerprint density at radius 2 is 1.05 bits per heavy atom. The lowest BCUT2D eigenvalue weighted by Gasteiger charge is -2.02. The monoisotopic (exact) mass is 267 g/mol. The van der Waals surface area contributed by atoms with Gasteiger partial charge < -0.3 is 4.74 Å². The highest BCUT2D eigenvalue weighted by Gasteiger charge is 2.32. The third-order valence-corrected chi connectivity index (χ3v) is 4.28. The molecule has 1 aliphatic rings. The van der Waals surface area contributed by atoms with E-state index in [4.69, 9.17) is 4.74 Å². The molecule has 0 bridgehead atoms. The van der Waals surface area contributed by atoms with E-state index in [0.717, 1.165) is 0 Å². The van der Waals surface area contributed by atoms with E-state index in [1.165, 1.54) is 89.9 Å². The van der Waals surface area contributed by atoms with E-state index in [0.29, 0.717) is 12.2 Å². The van der Waals surface area contributed by atoms with E-state index in [2.05, 4.69) is 13.8 Å². The van der Waals surface area contributed by atoms with Gasteiger partial charge in [-0.2, -0.15) is 0 Å². The van der Waals surface area contributed by atoms with E-state index in [9.17, 15) is 0 Å². The first-order chi connectivity index (χ1) is 9.34. The van der Waals surface area contributed by atoms with Crippen molar-refractivity contribution in [2.24, 2.45) is 0 Å². The van der Waals surface area contributed by atoms with Crippen molar-refractivity contribution in [1.82, 2.24) is 0 Å². The van der Waals surface area contributed by atoms with Crippen LogP contribution < -0.4 is 0 Å². The molecule has 0 amide bonds. The molecule has 0 aromatic carbocycles. The van der Waals surface area contributed by atoms with Crippen LogP contribution in [0.5, 0.6) is 0 Å². The van der Waals surface area contributed by atoms with Crippen LogP contribution in [0.15, 0.2) is 0 Å². The van der Waals surface area contributed by atoms with Crippen LogP contribution in [0.2, 0.25) is 0 Å². The van der Waals surface area contributed by atoms with Crippen molar-refractivity contribution in [2.75, 3.05) is 0 Å². The Balaban J connectivity index is 1.63. The molecule has 1 aliphatic heterocycles. The molecule has 19 heavy (non-hydrogen) atoms. The molecule has 2 atom stereocenters. The van der Waals surface area contributed by atoms with Crippen molar-refractivity contribution in [1.29, 1.82) is 0 Å². The van der Waals surface area contributed by atoms with Crippen LogP contribution in [0, 0.1) is 6.92 Å². The molecular weight excluding hydrogens is 232 g/mol. The molecule has 0 spiro atoms. The highest BCUT2D eigenvalue weighted by Crippen LogP contribution is 2.26. The van der Waals surface area contributed by atoms with Gasteiger partial charge in [0.15, 0.2) is 0 Å². The van der Waals surface area contributed by atoms with Gasteiger partial charge >= 0.3 is 0 Å². The van der Waals surface area contributed by atoms with Gasteiger partial charge in [-0.25, -0.2) is 0 Å². The van der Waals surface area contributed by atoms with Crippen molar-refractivity contribution in [3.05, 3.63) is 6.92 Å². The molecule has 0 aliphatic carbocycles. The van der Waals surface area contributed by atoms with Gasteiger partial charge in [-0.3, -0.25) is 0 Å². The second-order valence-electron chi connectivity index (χ2n) is 6.24. The first-order valence-electron chi connectivity index (χ1n) is 8.83. The molecule has 0 aromatic heterocycles. The molecule has 113 valence electrons. The van der Waals surface area contributed by atoms with Crippen LogP contribution in [0.25, 0.3) is 0 Å². The summed E-state index contributed by atoms with van der Waals surface area (Å²) in [6, 6.07) is 0. The zero-order chi connectivity index (χ0) is 13.8. The van der Waals surface area contributed by atoms with Crippen molar-refractivity contribution < 1.29 is 4.74 Å². The van der Waals surface area contributed by atoms with Crippen molar-refractivity contribution >= 4 is 0 Å². The summed E-state index contributed by atoms with van der Waals surface area (Å²) in [5.41, 5.74) is 0. The topological polar surface area (TPSA) is 12.5 Å². The van der Waals surface area contributed by atoms with E-state index >= 15 is 0 Å². The fraction of sp³-hybridized carbons (Fsp3) is 0.944. The van der Waals surface area contributed by atoms with Gasteiger partial charge in [0.05, 0.1) is 12.2 Å². The molecule has 1 heterocycles. The first-order valence-corrected chi connectivity index (χ1v) is 8.83. The molecular formula is C18H35O. The summed E-state index contributed by atoms with van der Waals surface area (Å²) in [7, 11) is 0. The van der Waals surface area contributed by atoms with Crippen LogP contribution in [0.1, 0.15) is 96.8 Å². The van der Waals surface area contributed by atoms with Crippen molar-refractivity contribution in [3.8, 4) is 0 Å². The van der Waals surface area contributed by atoms with E-state index in [1.807, 2.05) is 0 Å². The maximum atomic E-state index is 5.31. The first kappa shape index (κ1) is 17.0. The van der Waals surface area contributed by atoms with Gasteiger partial charge in [0.25, 0.3) is 0 Å². The summed E-state index contributed by atoms with van der Waals surface area (Å²) in [4.78, 5) is 0. The van der Waals surface area contributed by atoms with Crippen LogP contribution in [-0.4, -0.2) is 12.2 Å². The smallest absolute Gasteiger partial charge is 0.0842 e. The molecule has 1 saturated heterocycles. The van der Waals surface area contributed by atoms with Gasteiger partial charge in [0, 0.05) is 0 Å². The van der Waals surface area contributed by atoms with Crippen LogP contribution in [0.3, 0.4) is 0 Å². The lowest BCUT2D eigenvalue weighted by Crippen LogP contribution is -1.89. The fourth-order valence-electron chi connectivity index (χ4n) is 2.80. The summed E-state index contributed by atoms with van der Waals surface area (Å²) in [6.45, 7) is 6.18. The van der Waals surface area contributed by atoms with Crippen LogP contribution in [-0.2, 0) is 4.74 Å². The molecule has 1 fully saturated rings. The summed E-state index contributed by atoms with van der Waals surface area (Å²) >= 11 is 0. The summed E-state index contributed by atoms with van der Waals surface area (Å²) < 4.78 is 5.31. The largest absolute Gasteiger partial charge is 0.370 e. The second kappa shape index (κ2) is 11.8. The summed E-state index contributed by atoms with van der Waals surface area (Å²) in [5, 5.41) is 0. The molecule has 0 N–H and O–H groups in total. The Labute approximate surface area is 121 Å². The number of unbranched alkanes of at least 4 members (excludes halogenated alkanes) is 12. The number of ether oxygens (including phenoxy) is 1.